The second-order valence-electron chi connectivity index (χ2n) is 4.50. The van der Waals surface area contributed by atoms with Gasteiger partial charge in [0, 0.05) is 16.6 Å². The van der Waals surface area contributed by atoms with E-state index in [-0.39, 0.29) is 0 Å². The zero-order chi connectivity index (χ0) is 14.8. The lowest BCUT2D eigenvalue weighted by Crippen LogP contribution is -2.07. The molecule has 0 N–H and O–H groups in total. The highest BCUT2D eigenvalue weighted by molar-refractivity contribution is 9.10. The zero-order valence-electron chi connectivity index (χ0n) is 10.9. The van der Waals surface area contributed by atoms with E-state index in [1.165, 1.54) is 0 Å². The van der Waals surface area contributed by atoms with Crippen molar-refractivity contribution >= 4 is 27.0 Å². The fraction of sp³-hybridized carbons (Fsp3) is 0.133. The molecule has 0 fully saturated rings. The van der Waals surface area contributed by atoms with Crippen LogP contribution in [0, 0.1) is 11.6 Å². The predicted molar refractivity (Wildman–Crippen MR) is 79.3 cm³/mol. The minimum absolute atomic E-state index is 0.404. The van der Waals surface area contributed by atoms with Crippen molar-refractivity contribution in [2.24, 2.45) is 0 Å². The maximum atomic E-state index is 13.3. The van der Waals surface area contributed by atoms with Gasteiger partial charge in [-0.2, -0.15) is 0 Å². The standard InChI is InChI=1S/C15H11BrF2N2O/c16-10-2-1-3-11(6-10)21-5-4-20-9-19-14-7-12(17)13(18)8-15(14)20/h1-3,6-9H,4-5H2. The number of imidazole rings is 1. The third-order valence-corrected chi connectivity index (χ3v) is 3.55. The Morgan fingerprint density at radius 2 is 1.95 bits per heavy atom. The lowest BCUT2D eigenvalue weighted by atomic mass is 10.3. The average molecular weight is 353 g/mol. The molecule has 21 heavy (non-hydrogen) atoms. The second-order valence-corrected chi connectivity index (χ2v) is 5.41. The Labute approximate surface area is 128 Å². The highest BCUT2D eigenvalue weighted by atomic mass is 79.9. The molecule has 2 aromatic carbocycles. The Bertz CT molecular complexity index is 788. The topological polar surface area (TPSA) is 27.1 Å². The Morgan fingerprint density at radius 3 is 2.76 bits per heavy atom. The highest BCUT2D eigenvalue weighted by Gasteiger charge is 2.09. The molecule has 3 nitrogen and oxygen atoms in total. The molecule has 0 saturated heterocycles. The lowest BCUT2D eigenvalue weighted by Gasteiger charge is -2.08. The van der Waals surface area contributed by atoms with Gasteiger partial charge >= 0.3 is 0 Å². The second kappa shape index (κ2) is 5.81. The van der Waals surface area contributed by atoms with Gasteiger partial charge in [0.15, 0.2) is 11.6 Å². The molecule has 0 spiro atoms. The molecule has 1 heterocycles. The van der Waals surface area contributed by atoms with E-state index >= 15 is 0 Å². The molecular formula is C15H11BrF2N2O. The molecule has 0 saturated carbocycles. The molecule has 3 aromatic rings. The van der Waals surface area contributed by atoms with Crippen molar-refractivity contribution < 1.29 is 13.5 Å². The Kier molecular flexibility index (Phi) is 3.88. The SMILES string of the molecule is Fc1cc2ncn(CCOc3cccc(Br)c3)c2cc1F. The summed E-state index contributed by atoms with van der Waals surface area (Å²) in [6.45, 7) is 0.898. The lowest BCUT2D eigenvalue weighted by molar-refractivity contribution is 0.300. The van der Waals surface area contributed by atoms with E-state index in [0.717, 1.165) is 22.4 Å². The predicted octanol–water partition coefficient (Wildman–Crippen LogP) is 4.16. The van der Waals surface area contributed by atoms with Gasteiger partial charge in [0.2, 0.25) is 0 Å². The first-order chi connectivity index (χ1) is 10.1. The van der Waals surface area contributed by atoms with Gasteiger partial charge in [-0.1, -0.05) is 22.0 Å². The van der Waals surface area contributed by atoms with Crippen LogP contribution in [0.25, 0.3) is 11.0 Å². The maximum Gasteiger partial charge on any atom is 0.161 e. The summed E-state index contributed by atoms with van der Waals surface area (Å²) in [5.74, 6) is -1.03. The van der Waals surface area contributed by atoms with Crippen LogP contribution < -0.4 is 4.74 Å². The number of halogens is 3. The van der Waals surface area contributed by atoms with E-state index in [4.69, 9.17) is 4.74 Å². The van der Waals surface area contributed by atoms with Crippen LogP contribution in [0.1, 0.15) is 0 Å². The number of fused-ring (bicyclic) bond motifs is 1. The van der Waals surface area contributed by atoms with Crippen molar-refractivity contribution in [1.29, 1.82) is 0 Å². The van der Waals surface area contributed by atoms with E-state index in [1.807, 2.05) is 24.3 Å². The summed E-state index contributed by atoms with van der Waals surface area (Å²) in [5, 5.41) is 0. The first-order valence-corrected chi connectivity index (χ1v) is 7.11. The third kappa shape index (κ3) is 3.05. The molecule has 0 amide bonds. The van der Waals surface area contributed by atoms with Crippen molar-refractivity contribution in [2.45, 2.75) is 6.54 Å². The van der Waals surface area contributed by atoms with Crippen LogP contribution in [0.2, 0.25) is 0 Å². The zero-order valence-corrected chi connectivity index (χ0v) is 12.5. The number of hydrogen-bond donors (Lipinski definition) is 0. The summed E-state index contributed by atoms with van der Waals surface area (Å²) >= 11 is 3.37. The van der Waals surface area contributed by atoms with E-state index < -0.39 is 11.6 Å². The Balaban J connectivity index is 1.72. The summed E-state index contributed by atoms with van der Waals surface area (Å²) < 4.78 is 34.7. The quantitative estimate of drug-likeness (QED) is 0.705. The number of aromatic nitrogens is 2. The smallest absolute Gasteiger partial charge is 0.161 e. The van der Waals surface area contributed by atoms with Crippen LogP contribution in [0.4, 0.5) is 8.78 Å². The minimum Gasteiger partial charge on any atom is -0.492 e. The average Bonchev–Trinajstić information content (AvgIpc) is 2.82. The number of nitrogens with zero attached hydrogens (tertiary/aromatic N) is 2. The van der Waals surface area contributed by atoms with Crippen molar-refractivity contribution in [1.82, 2.24) is 9.55 Å². The molecular weight excluding hydrogens is 342 g/mol. The van der Waals surface area contributed by atoms with Gasteiger partial charge in [-0.25, -0.2) is 13.8 Å². The summed E-state index contributed by atoms with van der Waals surface area (Å²) in [6.07, 6.45) is 1.55. The number of benzene rings is 2. The van der Waals surface area contributed by atoms with Gasteiger partial charge < -0.3 is 9.30 Å². The summed E-state index contributed by atoms with van der Waals surface area (Å²) in [4.78, 5) is 4.05. The van der Waals surface area contributed by atoms with Crippen LogP contribution >= 0.6 is 15.9 Å². The minimum atomic E-state index is -0.891. The van der Waals surface area contributed by atoms with E-state index in [1.54, 1.807) is 10.9 Å². The molecule has 0 radical (unpaired) electrons. The van der Waals surface area contributed by atoms with Gasteiger partial charge in [-0.15, -0.1) is 0 Å². The molecule has 6 heteroatoms. The summed E-state index contributed by atoms with van der Waals surface area (Å²) in [7, 11) is 0. The van der Waals surface area contributed by atoms with E-state index in [0.29, 0.717) is 24.2 Å². The number of rotatable bonds is 4. The maximum absolute atomic E-state index is 13.3. The van der Waals surface area contributed by atoms with Crippen LogP contribution in [0.3, 0.4) is 0 Å². The molecule has 1 aromatic heterocycles. The number of ether oxygens (including phenoxy) is 1. The van der Waals surface area contributed by atoms with E-state index in [9.17, 15) is 8.78 Å². The van der Waals surface area contributed by atoms with Crippen molar-refractivity contribution in [2.75, 3.05) is 6.61 Å². The highest BCUT2D eigenvalue weighted by Crippen LogP contribution is 2.19. The fourth-order valence-corrected chi connectivity index (χ4v) is 2.43. The van der Waals surface area contributed by atoms with Crippen LogP contribution in [-0.4, -0.2) is 16.2 Å². The summed E-state index contributed by atoms with van der Waals surface area (Å²) in [6, 6.07) is 9.75. The number of hydrogen-bond acceptors (Lipinski definition) is 2. The molecule has 0 unspecified atom stereocenters. The fourth-order valence-electron chi connectivity index (χ4n) is 2.05. The first kappa shape index (κ1) is 14.0. The molecule has 0 aliphatic carbocycles. The normalized spacial score (nSPS) is 11.0. The molecule has 0 atom stereocenters. The molecule has 0 bridgehead atoms. The van der Waals surface area contributed by atoms with Gasteiger partial charge in [-0.05, 0) is 18.2 Å². The van der Waals surface area contributed by atoms with Crippen molar-refractivity contribution in [3.05, 3.63) is 58.8 Å². The Hall–Kier alpha value is -1.95. The van der Waals surface area contributed by atoms with Crippen molar-refractivity contribution in [3.63, 3.8) is 0 Å². The largest absolute Gasteiger partial charge is 0.492 e. The van der Waals surface area contributed by atoms with Crippen LogP contribution in [0.5, 0.6) is 5.75 Å². The van der Waals surface area contributed by atoms with Crippen LogP contribution in [0.15, 0.2) is 47.2 Å². The Morgan fingerprint density at radius 1 is 1.14 bits per heavy atom. The molecule has 0 aliphatic heterocycles. The molecule has 0 aliphatic rings. The van der Waals surface area contributed by atoms with E-state index in [2.05, 4.69) is 20.9 Å². The van der Waals surface area contributed by atoms with Crippen molar-refractivity contribution in [3.8, 4) is 5.75 Å². The summed E-state index contributed by atoms with van der Waals surface area (Å²) in [5.41, 5.74) is 0.975. The first-order valence-electron chi connectivity index (χ1n) is 6.32. The van der Waals surface area contributed by atoms with Crippen LogP contribution in [-0.2, 0) is 6.54 Å². The van der Waals surface area contributed by atoms with Gasteiger partial charge in [0.05, 0.1) is 23.9 Å². The van der Waals surface area contributed by atoms with Gasteiger partial charge in [0.25, 0.3) is 0 Å². The van der Waals surface area contributed by atoms with Gasteiger partial charge in [0.1, 0.15) is 12.4 Å². The third-order valence-electron chi connectivity index (χ3n) is 3.06. The monoisotopic (exact) mass is 352 g/mol. The molecule has 108 valence electrons. The van der Waals surface area contributed by atoms with Gasteiger partial charge in [-0.3, -0.25) is 0 Å². The molecule has 3 rings (SSSR count).